The molecule has 2 unspecified atom stereocenters. The zero-order valence-electron chi connectivity index (χ0n) is 10.6. The van der Waals surface area contributed by atoms with Crippen LogP contribution in [0.15, 0.2) is 24.3 Å². The quantitative estimate of drug-likeness (QED) is 0.640. The van der Waals surface area contributed by atoms with E-state index < -0.39 is 34.7 Å². The molecule has 8 nitrogen and oxygen atoms in total. The number of nitro groups is 1. The number of nitro benzene ring substituents is 1. The second kappa shape index (κ2) is 6.37. The highest BCUT2D eigenvalue weighted by molar-refractivity contribution is 7.77. The first-order chi connectivity index (χ1) is 9.49. The molecular formula is C11H14N2O6S. The van der Waals surface area contributed by atoms with Crippen LogP contribution < -0.4 is 5.14 Å². The molecule has 0 spiro atoms. The Morgan fingerprint density at radius 2 is 2.15 bits per heavy atom. The van der Waals surface area contributed by atoms with Crippen LogP contribution in [0, 0.1) is 10.1 Å². The van der Waals surface area contributed by atoms with Gasteiger partial charge in [0, 0.05) is 6.07 Å². The highest BCUT2D eigenvalue weighted by Crippen LogP contribution is 2.37. The van der Waals surface area contributed by atoms with Crippen molar-refractivity contribution >= 4 is 17.0 Å². The molecule has 4 atom stereocenters. The molecule has 0 amide bonds. The molecule has 0 bridgehead atoms. The van der Waals surface area contributed by atoms with Gasteiger partial charge in [0.2, 0.25) is 11.3 Å². The van der Waals surface area contributed by atoms with E-state index in [4.69, 9.17) is 18.8 Å². The molecule has 1 aromatic rings. The molecule has 2 N–H and O–H groups in total. The molecule has 2 rings (SSSR count). The van der Waals surface area contributed by atoms with E-state index in [9.17, 15) is 14.3 Å². The molecule has 1 heterocycles. The van der Waals surface area contributed by atoms with Crippen LogP contribution in [0.5, 0.6) is 0 Å². The fraction of sp³-hybridized carbons (Fsp3) is 0.455. The molecule has 0 saturated carbocycles. The van der Waals surface area contributed by atoms with Gasteiger partial charge in [-0.05, 0) is 13.0 Å². The van der Waals surface area contributed by atoms with Gasteiger partial charge in [-0.25, -0.2) is 9.35 Å². The Morgan fingerprint density at radius 1 is 1.45 bits per heavy atom. The summed E-state index contributed by atoms with van der Waals surface area (Å²) in [5.74, 6) is 0. The normalized spacial score (nSPS) is 27.4. The second-order valence-corrected chi connectivity index (χ2v) is 4.92. The third-order valence-corrected chi connectivity index (χ3v) is 3.20. The first kappa shape index (κ1) is 15.0. The topological polar surface area (TPSA) is 114 Å². The lowest BCUT2D eigenvalue weighted by molar-refractivity contribution is -0.386. The smallest absolute Gasteiger partial charge is 0.275 e. The van der Waals surface area contributed by atoms with Crippen LogP contribution in [0.3, 0.4) is 0 Å². The van der Waals surface area contributed by atoms with Gasteiger partial charge < -0.3 is 9.47 Å². The number of hydrogen-bond donors (Lipinski definition) is 1. The predicted molar refractivity (Wildman–Crippen MR) is 69.5 cm³/mol. The van der Waals surface area contributed by atoms with Gasteiger partial charge in [-0.3, -0.25) is 14.3 Å². The second-order valence-electron chi connectivity index (χ2n) is 4.16. The highest BCUT2D eigenvalue weighted by atomic mass is 32.2. The van der Waals surface area contributed by atoms with Gasteiger partial charge in [-0.2, -0.15) is 0 Å². The Morgan fingerprint density at radius 3 is 2.80 bits per heavy atom. The van der Waals surface area contributed by atoms with E-state index in [2.05, 4.69) is 0 Å². The Balaban J connectivity index is 2.25. The molecule has 9 heteroatoms. The first-order valence-corrected chi connectivity index (χ1v) is 6.96. The average molecular weight is 302 g/mol. The van der Waals surface area contributed by atoms with Crippen LogP contribution in [0.2, 0.25) is 0 Å². The summed E-state index contributed by atoms with van der Waals surface area (Å²) in [6, 6.07) is 6.23. The zero-order chi connectivity index (χ0) is 14.7. The lowest BCUT2D eigenvalue weighted by Crippen LogP contribution is -2.24. The van der Waals surface area contributed by atoms with Crippen molar-refractivity contribution in [2.24, 2.45) is 5.14 Å². The van der Waals surface area contributed by atoms with Crippen molar-refractivity contribution in [1.29, 1.82) is 0 Å². The van der Waals surface area contributed by atoms with Crippen molar-refractivity contribution < 1.29 is 22.8 Å². The van der Waals surface area contributed by atoms with Gasteiger partial charge in [-0.1, -0.05) is 12.1 Å². The first-order valence-electron chi connectivity index (χ1n) is 5.82. The van der Waals surface area contributed by atoms with Crippen molar-refractivity contribution in [2.75, 3.05) is 6.61 Å². The SMILES string of the molecule is CC1O[C@@H](COS(N)=O)[C@H](c2ccccc2[N+](=O)[O-])O1. The van der Waals surface area contributed by atoms with Crippen molar-refractivity contribution in [3.63, 3.8) is 0 Å². The molecule has 0 radical (unpaired) electrons. The monoisotopic (exact) mass is 302 g/mol. The zero-order valence-corrected chi connectivity index (χ0v) is 11.4. The Labute approximate surface area is 117 Å². The minimum Gasteiger partial charge on any atom is -0.344 e. The number of para-hydroxylation sites is 1. The number of rotatable bonds is 5. The number of ether oxygens (including phenoxy) is 2. The van der Waals surface area contributed by atoms with E-state index in [1.807, 2.05) is 0 Å². The molecule has 0 aliphatic carbocycles. The summed E-state index contributed by atoms with van der Waals surface area (Å²) in [6.45, 7) is 1.59. The minimum atomic E-state index is -1.93. The van der Waals surface area contributed by atoms with Crippen LogP contribution in [0.25, 0.3) is 0 Å². The fourth-order valence-corrected chi connectivity index (χ4v) is 2.34. The van der Waals surface area contributed by atoms with Crippen LogP contribution in [-0.4, -0.2) is 28.1 Å². The number of benzene rings is 1. The molecule has 110 valence electrons. The van der Waals surface area contributed by atoms with Gasteiger partial charge in [0.1, 0.15) is 12.2 Å². The van der Waals surface area contributed by atoms with Crippen molar-refractivity contribution in [3.05, 3.63) is 39.9 Å². The van der Waals surface area contributed by atoms with Crippen molar-refractivity contribution in [1.82, 2.24) is 0 Å². The molecule has 1 aliphatic rings. The van der Waals surface area contributed by atoms with Crippen molar-refractivity contribution in [3.8, 4) is 0 Å². The fourth-order valence-electron chi connectivity index (χ4n) is 2.07. The Kier molecular flexibility index (Phi) is 4.78. The van der Waals surface area contributed by atoms with E-state index in [-0.39, 0.29) is 12.3 Å². The lowest BCUT2D eigenvalue weighted by atomic mass is 10.0. The van der Waals surface area contributed by atoms with E-state index in [1.165, 1.54) is 6.07 Å². The number of nitrogens with two attached hydrogens (primary N) is 1. The Hall–Kier alpha value is -1.39. The summed E-state index contributed by atoms with van der Waals surface area (Å²) in [5.41, 5.74) is 0.326. The summed E-state index contributed by atoms with van der Waals surface area (Å²) in [7, 11) is 0. The third kappa shape index (κ3) is 3.38. The van der Waals surface area contributed by atoms with Gasteiger partial charge in [0.15, 0.2) is 6.29 Å². The van der Waals surface area contributed by atoms with E-state index >= 15 is 0 Å². The molecule has 0 aromatic heterocycles. The van der Waals surface area contributed by atoms with Gasteiger partial charge in [0.25, 0.3) is 5.69 Å². The maximum atomic E-state index is 11.0. The lowest BCUT2D eigenvalue weighted by Gasteiger charge is -2.16. The van der Waals surface area contributed by atoms with Crippen LogP contribution in [-0.2, 0) is 24.9 Å². The largest absolute Gasteiger partial charge is 0.344 e. The highest BCUT2D eigenvalue weighted by Gasteiger charge is 2.38. The summed E-state index contributed by atoms with van der Waals surface area (Å²) in [6.07, 6.45) is -1.83. The molecule has 1 aromatic carbocycles. The maximum Gasteiger partial charge on any atom is 0.275 e. The van der Waals surface area contributed by atoms with Gasteiger partial charge in [0.05, 0.1) is 17.1 Å². The third-order valence-electron chi connectivity index (χ3n) is 2.83. The standard InChI is InChI=1S/C11H14N2O6S/c1-7-18-10(6-17-20(12)16)11(19-7)8-4-2-3-5-9(8)13(14)15/h2-5,7,10-11H,6,12H2,1H3/t7?,10-,11-,20?/m0/s1. The molecule has 1 aliphatic heterocycles. The molecular weight excluding hydrogens is 288 g/mol. The summed E-state index contributed by atoms with van der Waals surface area (Å²) >= 11 is -1.93. The summed E-state index contributed by atoms with van der Waals surface area (Å²) in [5, 5.41) is 16.1. The predicted octanol–water partition coefficient (Wildman–Crippen LogP) is 0.951. The molecule has 1 fully saturated rings. The van der Waals surface area contributed by atoms with Gasteiger partial charge >= 0.3 is 0 Å². The van der Waals surface area contributed by atoms with Crippen LogP contribution in [0.1, 0.15) is 18.6 Å². The molecule has 20 heavy (non-hydrogen) atoms. The van der Waals surface area contributed by atoms with Crippen molar-refractivity contribution in [2.45, 2.75) is 25.4 Å². The van der Waals surface area contributed by atoms with Crippen LogP contribution >= 0.6 is 0 Å². The van der Waals surface area contributed by atoms with E-state index in [1.54, 1.807) is 25.1 Å². The minimum absolute atomic E-state index is 0.0610. The summed E-state index contributed by atoms with van der Waals surface area (Å²) in [4.78, 5) is 10.6. The maximum absolute atomic E-state index is 11.0. The molecule has 1 saturated heterocycles. The summed E-state index contributed by atoms with van der Waals surface area (Å²) < 4.78 is 26.6. The van der Waals surface area contributed by atoms with Gasteiger partial charge in [-0.15, -0.1) is 0 Å². The number of nitrogens with zero attached hydrogens (tertiary/aromatic N) is 1. The average Bonchev–Trinajstić information content (AvgIpc) is 2.77. The van der Waals surface area contributed by atoms with E-state index in [0.29, 0.717) is 5.56 Å². The van der Waals surface area contributed by atoms with E-state index in [0.717, 1.165) is 0 Å². The Bertz CT molecular complexity index is 525. The number of hydrogen-bond acceptors (Lipinski definition) is 6. The van der Waals surface area contributed by atoms with Crippen LogP contribution in [0.4, 0.5) is 5.69 Å².